The van der Waals surface area contributed by atoms with Gasteiger partial charge in [-0.3, -0.25) is 9.69 Å². The monoisotopic (exact) mass is 247 g/mol. The largest absolute Gasteiger partial charge is 0.340 e. The smallest absolute Gasteiger partial charge is 0.219 e. The lowest BCUT2D eigenvalue weighted by molar-refractivity contribution is -0.130. The second-order valence-electron chi connectivity index (χ2n) is 3.78. The maximum atomic E-state index is 11.1. The summed E-state index contributed by atoms with van der Waals surface area (Å²) in [6.07, 6.45) is 0. The predicted molar refractivity (Wildman–Crippen MR) is 59.9 cm³/mol. The molecule has 0 aliphatic carbocycles. The Morgan fingerprint density at radius 3 is 2.31 bits per heavy atom. The molecule has 6 nitrogen and oxygen atoms in total. The summed E-state index contributed by atoms with van der Waals surface area (Å²) in [6.45, 7) is 4.72. The molecule has 0 aromatic rings. The first-order valence-electron chi connectivity index (χ1n) is 5.12. The van der Waals surface area contributed by atoms with Gasteiger partial charge in [-0.25, -0.2) is 13.1 Å². The van der Waals surface area contributed by atoms with E-state index in [1.54, 1.807) is 16.5 Å². The van der Waals surface area contributed by atoms with Crippen LogP contribution in [0.5, 0.6) is 0 Å². The van der Waals surface area contributed by atoms with Crippen molar-refractivity contribution in [2.75, 3.05) is 38.5 Å². The maximum absolute atomic E-state index is 11.1. The third-order valence-electron chi connectivity index (χ3n) is 2.67. The minimum Gasteiger partial charge on any atom is -0.340 e. The normalized spacial score (nSPS) is 18.8. The van der Waals surface area contributed by atoms with Gasteiger partial charge in [0, 0.05) is 39.6 Å². The van der Waals surface area contributed by atoms with Crippen molar-refractivity contribution in [1.29, 1.82) is 0 Å². The molecule has 0 unspecified atom stereocenters. The highest BCUT2D eigenvalue weighted by Gasteiger charge is 2.19. The van der Waals surface area contributed by atoms with Crippen LogP contribution < -0.4 is 4.72 Å². The number of piperazine rings is 1. The number of hydrogen-bond donors (Lipinski definition) is 1. The molecule has 1 aliphatic rings. The van der Waals surface area contributed by atoms with Gasteiger partial charge in [-0.2, -0.15) is 0 Å². The van der Waals surface area contributed by atoms with Gasteiger partial charge in [0.1, 0.15) is 0 Å². The minimum absolute atomic E-state index is 0.0103. The first-order chi connectivity index (χ1) is 7.44. The SMILES string of the molecule is [CH]NS(=O)(=O)CCN1CCN(C(C)=O)CC1. The number of carbonyl (C=O) groups excluding carboxylic acids is 1. The van der Waals surface area contributed by atoms with E-state index in [9.17, 15) is 13.2 Å². The quantitative estimate of drug-likeness (QED) is 0.630. The zero-order valence-corrected chi connectivity index (χ0v) is 10.2. The molecule has 1 rings (SSSR count). The van der Waals surface area contributed by atoms with Gasteiger partial charge in [0.25, 0.3) is 0 Å². The fourth-order valence-corrected chi connectivity index (χ4v) is 2.21. The Morgan fingerprint density at radius 1 is 1.31 bits per heavy atom. The molecular weight excluding hydrogens is 230 g/mol. The highest BCUT2D eigenvalue weighted by molar-refractivity contribution is 7.89. The molecule has 0 saturated carbocycles. The summed E-state index contributed by atoms with van der Waals surface area (Å²) < 4.78 is 24.0. The van der Waals surface area contributed by atoms with Crippen LogP contribution in [0, 0.1) is 7.05 Å². The lowest BCUT2D eigenvalue weighted by atomic mass is 10.3. The van der Waals surface area contributed by atoms with Crippen LogP contribution in [-0.2, 0) is 14.8 Å². The second-order valence-corrected chi connectivity index (χ2v) is 5.66. The predicted octanol–water partition coefficient (Wildman–Crippen LogP) is -1.26. The van der Waals surface area contributed by atoms with Gasteiger partial charge in [-0.15, -0.1) is 0 Å². The molecule has 0 spiro atoms. The molecule has 1 N–H and O–H groups in total. The Balaban J connectivity index is 2.30. The van der Waals surface area contributed by atoms with E-state index in [1.807, 2.05) is 4.90 Å². The molecule has 0 bridgehead atoms. The Hall–Kier alpha value is -0.660. The third-order valence-corrected chi connectivity index (χ3v) is 3.75. The van der Waals surface area contributed by atoms with Gasteiger partial charge >= 0.3 is 0 Å². The van der Waals surface area contributed by atoms with E-state index >= 15 is 0 Å². The van der Waals surface area contributed by atoms with Crippen molar-refractivity contribution < 1.29 is 13.2 Å². The summed E-state index contributed by atoms with van der Waals surface area (Å²) >= 11 is 0. The van der Waals surface area contributed by atoms with Crippen LogP contribution in [-0.4, -0.2) is 62.6 Å². The molecule has 16 heavy (non-hydrogen) atoms. The molecule has 1 amide bonds. The van der Waals surface area contributed by atoms with Crippen molar-refractivity contribution in [1.82, 2.24) is 14.5 Å². The lowest BCUT2D eigenvalue weighted by Crippen LogP contribution is -2.49. The number of carbonyl (C=O) groups is 1. The summed E-state index contributed by atoms with van der Waals surface area (Å²) in [5.74, 6) is 0.0553. The molecule has 0 aromatic carbocycles. The van der Waals surface area contributed by atoms with Crippen molar-refractivity contribution in [2.24, 2.45) is 0 Å². The number of sulfonamides is 1. The standard InChI is InChI=1S/C9H17N3O3S/c1-9(13)12-5-3-11(4-6-12)7-8-16(14,15)10-2/h2,10H,3-8H2,1H3. The average Bonchev–Trinajstić information content (AvgIpc) is 2.27. The van der Waals surface area contributed by atoms with Crippen LogP contribution in [0.2, 0.25) is 0 Å². The van der Waals surface area contributed by atoms with E-state index in [2.05, 4.69) is 0 Å². The van der Waals surface area contributed by atoms with Crippen molar-refractivity contribution in [3.8, 4) is 0 Å². The molecular formula is C9H17N3O3S. The molecule has 2 radical (unpaired) electrons. The number of nitrogens with one attached hydrogen (secondary N) is 1. The van der Waals surface area contributed by atoms with Crippen molar-refractivity contribution in [3.63, 3.8) is 0 Å². The number of rotatable bonds is 4. The van der Waals surface area contributed by atoms with Crippen LogP contribution in [0.3, 0.4) is 0 Å². The summed E-state index contributed by atoms with van der Waals surface area (Å²) in [4.78, 5) is 14.8. The Morgan fingerprint density at radius 2 is 1.88 bits per heavy atom. The molecule has 7 heteroatoms. The lowest BCUT2D eigenvalue weighted by Gasteiger charge is -2.33. The highest BCUT2D eigenvalue weighted by atomic mass is 32.2. The maximum Gasteiger partial charge on any atom is 0.219 e. The van der Waals surface area contributed by atoms with Gasteiger partial charge in [0.05, 0.1) is 12.8 Å². The van der Waals surface area contributed by atoms with Gasteiger partial charge in [-0.05, 0) is 0 Å². The summed E-state index contributed by atoms with van der Waals surface area (Å²) in [5.41, 5.74) is 0. The first-order valence-corrected chi connectivity index (χ1v) is 6.78. The highest BCUT2D eigenvalue weighted by Crippen LogP contribution is 2.02. The zero-order chi connectivity index (χ0) is 12.2. The van der Waals surface area contributed by atoms with Crippen LogP contribution in [0.15, 0.2) is 0 Å². The van der Waals surface area contributed by atoms with Crippen molar-refractivity contribution in [2.45, 2.75) is 6.92 Å². The number of amides is 1. The Labute approximate surface area is 96.6 Å². The first kappa shape index (κ1) is 13.4. The number of nitrogens with zero attached hydrogens (tertiary/aromatic N) is 2. The topological polar surface area (TPSA) is 69.7 Å². The van der Waals surface area contributed by atoms with Crippen LogP contribution in [0.4, 0.5) is 0 Å². The summed E-state index contributed by atoms with van der Waals surface area (Å²) in [7, 11) is 1.53. The van der Waals surface area contributed by atoms with Crippen LogP contribution in [0.1, 0.15) is 6.92 Å². The minimum atomic E-state index is -3.34. The van der Waals surface area contributed by atoms with E-state index in [4.69, 9.17) is 7.05 Å². The summed E-state index contributed by atoms with van der Waals surface area (Å²) in [5, 5.41) is 0. The van der Waals surface area contributed by atoms with E-state index in [0.29, 0.717) is 32.7 Å². The second kappa shape index (κ2) is 5.60. The molecule has 1 aliphatic heterocycles. The molecule has 1 fully saturated rings. The van der Waals surface area contributed by atoms with Gasteiger partial charge in [-0.1, -0.05) is 0 Å². The van der Waals surface area contributed by atoms with Crippen molar-refractivity contribution in [3.05, 3.63) is 7.05 Å². The fourth-order valence-electron chi connectivity index (χ4n) is 1.59. The Bertz CT molecular complexity index is 334. The molecule has 1 heterocycles. The molecule has 92 valence electrons. The molecule has 0 aromatic heterocycles. The molecule has 1 saturated heterocycles. The summed E-state index contributed by atoms with van der Waals surface area (Å²) in [6, 6.07) is 0. The van der Waals surface area contributed by atoms with E-state index in [-0.39, 0.29) is 11.7 Å². The zero-order valence-electron chi connectivity index (χ0n) is 9.35. The van der Waals surface area contributed by atoms with Crippen molar-refractivity contribution >= 4 is 15.9 Å². The van der Waals surface area contributed by atoms with Gasteiger partial charge in [0.15, 0.2) is 0 Å². The van der Waals surface area contributed by atoms with Crippen LogP contribution >= 0.6 is 0 Å². The van der Waals surface area contributed by atoms with E-state index < -0.39 is 10.0 Å². The van der Waals surface area contributed by atoms with E-state index in [0.717, 1.165) is 0 Å². The van der Waals surface area contributed by atoms with Crippen LogP contribution in [0.25, 0.3) is 0 Å². The van der Waals surface area contributed by atoms with Gasteiger partial charge in [0.2, 0.25) is 15.9 Å². The Kier molecular flexibility index (Phi) is 4.69. The fraction of sp³-hybridized carbons (Fsp3) is 0.778. The molecule has 0 atom stereocenters. The van der Waals surface area contributed by atoms with Gasteiger partial charge < -0.3 is 4.90 Å². The van der Waals surface area contributed by atoms with E-state index in [1.165, 1.54) is 0 Å². The third kappa shape index (κ3) is 4.07. The average molecular weight is 247 g/mol. The number of hydrogen-bond acceptors (Lipinski definition) is 4.